The topological polar surface area (TPSA) is 119 Å². The van der Waals surface area contributed by atoms with E-state index in [-0.39, 0.29) is 12.5 Å². The van der Waals surface area contributed by atoms with Crippen LogP contribution >= 0.6 is 0 Å². The smallest absolute Gasteiger partial charge is 0.251 e. The van der Waals surface area contributed by atoms with Crippen molar-refractivity contribution in [2.75, 3.05) is 5.43 Å². The second-order valence-electron chi connectivity index (χ2n) is 3.94. The molecular formula is C11H14N6O2. The van der Waals surface area contributed by atoms with Gasteiger partial charge in [0.05, 0.1) is 6.54 Å². The van der Waals surface area contributed by atoms with E-state index in [1.54, 1.807) is 26.0 Å². The van der Waals surface area contributed by atoms with Crippen molar-refractivity contribution in [1.29, 1.82) is 0 Å². The number of amides is 1. The molecule has 19 heavy (non-hydrogen) atoms. The number of anilines is 1. The quantitative estimate of drug-likeness (QED) is 0.535. The molecule has 2 rings (SSSR count). The van der Waals surface area contributed by atoms with Gasteiger partial charge >= 0.3 is 0 Å². The van der Waals surface area contributed by atoms with Crippen molar-refractivity contribution < 1.29 is 9.32 Å². The van der Waals surface area contributed by atoms with Crippen molar-refractivity contribution in [1.82, 2.24) is 20.4 Å². The summed E-state index contributed by atoms with van der Waals surface area (Å²) in [6, 6.07) is 3.22. The zero-order chi connectivity index (χ0) is 13.8. The van der Waals surface area contributed by atoms with Crippen molar-refractivity contribution in [2.24, 2.45) is 5.84 Å². The third kappa shape index (κ3) is 3.26. The first-order chi connectivity index (χ1) is 9.08. The lowest BCUT2D eigenvalue weighted by atomic mass is 10.2. The van der Waals surface area contributed by atoms with Crippen LogP contribution in [0, 0.1) is 13.8 Å². The standard InChI is InChI=1S/C11H14N6O2/c1-6-3-8(4-9(14-6)16-12)11(18)13-5-10-15-7(2)19-17-10/h3-4H,5,12H2,1-2H3,(H,13,18)(H,14,16). The van der Waals surface area contributed by atoms with E-state index in [0.29, 0.717) is 28.8 Å². The van der Waals surface area contributed by atoms with Gasteiger partial charge in [-0.05, 0) is 19.1 Å². The summed E-state index contributed by atoms with van der Waals surface area (Å²) in [7, 11) is 0. The average molecular weight is 262 g/mol. The number of hydrogen-bond donors (Lipinski definition) is 3. The number of hydrogen-bond acceptors (Lipinski definition) is 7. The molecule has 0 bridgehead atoms. The lowest BCUT2D eigenvalue weighted by Crippen LogP contribution is -2.24. The Hall–Kier alpha value is -2.48. The summed E-state index contributed by atoms with van der Waals surface area (Å²) in [4.78, 5) is 20.0. The molecule has 0 aromatic carbocycles. The van der Waals surface area contributed by atoms with Crippen LogP contribution in [0.3, 0.4) is 0 Å². The number of nitrogens with two attached hydrogens (primary N) is 1. The molecule has 0 saturated carbocycles. The van der Waals surface area contributed by atoms with Crippen LogP contribution in [0.2, 0.25) is 0 Å². The Bertz CT molecular complexity index is 595. The Morgan fingerprint density at radius 2 is 2.16 bits per heavy atom. The molecule has 0 spiro atoms. The normalized spacial score (nSPS) is 10.3. The summed E-state index contributed by atoms with van der Waals surface area (Å²) >= 11 is 0. The fraction of sp³-hybridized carbons (Fsp3) is 0.273. The van der Waals surface area contributed by atoms with E-state index in [2.05, 4.69) is 25.9 Å². The van der Waals surface area contributed by atoms with Crippen LogP contribution in [0.4, 0.5) is 5.82 Å². The highest BCUT2D eigenvalue weighted by Gasteiger charge is 2.10. The molecule has 4 N–H and O–H groups in total. The minimum atomic E-state index is -0.260. The van der Waals surface area contributed by atoms with E-state index in [1.807, 2.05) is 0 Å². The van der Waals surface area contributed by atoms with Crippen LogP contribution in [0.25, 0.3) is 0 Å². The van der Waals surface area contributed by atoms with Gasteiger partial charge < -0.3 is 15.3 Å². The van der Waals surface area contributed by atoms with Crippen molar-refractivity contribution in [2.45, 2.75) is 20.4 Å². The molecule has 2 heterocycles. The first-order valence-corrected chi connectivity index (χ1v) is 5.61. The molecule has 2 aromatic heterocycles. The van der Waals surface area contributed by atoms with Crippen molar-refractivity contribution in [3.8, 4) is 0 Å². The van der Waals surface area contributed by atoms with E-state index in [0.717, 1.165) is 0 Å². The van der Waals surface area contributed by atoms with Gasteiger partial charge in [0.2, 0.25) is 5.89 Å². The number of rotatable bonds is 4. The van der Waals surface area contributed by atoms with Gasteiger partial charge in [-0.2, -0.15) is 4.98 Å². The fourth-order valence-electron chi connectivity index (χ4n) is 1.55. The molecule has 0 radical (unpaired) electrons. The molecule has 2 aromatic rings. The summed E-state index contributed by atoms with van der Waals surface area (Å²) in [6.45, 7) is 3.66. The first kappa shape index (κ1) is 13.0. The van der Waals surface area contributed by atoms with Crippen molar-refractivity contribution in [3.05, 3.63) is 35.1 Å². The zero-order valence-electron chi connectivity index (χ0n) is 10.6. The number of carbonyl (C=O) groups is 1. The molecular weight excluding hydrogens is 248 g/mol. The Balaban J connectivity index is 2.05. The van der Waals surface area contributed by atoms with Gasteiger partial charge in [0.25, 0.3) is 5.91 Å². The number of nitrogens with one attached hydrogen (secondary N) is 2. The lowest BCUT2D eigenvalue weighted by Gasteiger charge is -2.06. The zero-order valence-corrected chi connectivity index (χ0v) is 10.6. The molecule has 0 fully saturated rings. The highest BCUT2D eigenvalue weighted by atomic mass is 16.5. The molecule has 0 aliphatic carbocycles. The second kappa shape index (κ2) is 5.44. The molecule has 100 valence electrons. The highest BCUT2D eigenvalue weighted by Crippen LogP contribution is 2.09. The van der Waals surface area contributed by atoms with Crippen LogP contribution in [-0.4, -0.2) is 21.0 Å². The molecule has 0 aliphatic rings. The third-order valence-corrected chi connectivity index (χ3v) is 2.34. The molecule has 0 atom stereocenters. The van der Waals surface area contributed by atoms with E-state index in [4.69, 9.17) is 10.4 Å². The molecule has 0 unspecified atom stereocenters. The van der Waals surface area contributed by atoms with Crippen LogP contribution < -0.4 is 16.6 Å². The number of nitrogens with zero attached hydrogens (tertiary/aromatic N) is 3. The molecule has 8 heteroatoms. The molecule has 1 amide bonds. The highest BCUT2D eigenvalue weighted by molar-refractivity contribution is 5.94. The predicted octanol–water partition coefficient (Wildman–Crippen LogP) is 0.297. The van der Waals surface area contributed by atoms with Gasteiger partial charge in [0.1, 0.15) is 5.82 Å². The Labute approximate surface area is 109 Å². The maximum atomic E-state index is 12.0. The van der Waals surface area contributed by atoms with Crippen molar-refractivity contribution in [3.63, 3.8) is 0 Å². The van der Waals surface area contributed by atoms with Gasteiger partial charge in [-0.25, -0.2) is 10.8 Å². The average Bonchev–Trinajstić information content (AvgIpc) is 2.81. The maximum Gasteiger partial charge on any atom is 0.251 e. The third-order valence-electron chi connectivity index (χ3n) is 2.34. The SMILES string of the molecule is Cc1cc(C(=O)NCc2noc(C)n2)cc(NN)n1. The van der Waals surface area contributed by atoms with Crippen molar-refractivity contribution >= 4 is 11.7 Å². The van der Waals surface area contributed by atoms with Gasteiger partial charge in [-0.3, -0.25) is 4.79 Å². The van der Waals surface area contributed by atoms with Crippen LogP contribution in [-0.2, 0) is 6.54 Å². The second-order valence-corrected chi connectivity index (χ2v) is 3.94. The predicted molar refractivity (Wildman–Crippen MR) is 67.0 cm³/mol. The first-order valence-electron chi connectivity index (χ1n) is 5.61. The number of aromatic nitrogens is 3. The minimum absolute atomic E-state index is 0.197. The van der Waals surface area contributed by atoms with E-state index in [9.17, 15) is 4.79 Å². The molecule has 0 aliphatic heterocycles. The summed E-state index contributed by atoms with van der Waals surface area (Å²) in [5.74, 6) is 6.33. The number of pyridine rings is 1. The monoisotopic (exact) mass is 262 g/mol. The fourth-order valence-corrected chi connectivity index (χ4v) is 1.55. The lowest BCUT2D eigenvalue weighted by molar-refractivity contribution is 0.0949. The number of carbonyl (C=O) groups excluding carboxylic acids is 1. The van der Waals surface area contributed by atoms with Gasteiger partial charge in [0.15, 0.2) is 5.82 Å². The van der Waals surface area contributed by atoms with Crippen LogP contribution in [0.5, 0.6) is 0 Å². The van der Waals surface area contributed by atoms with Gasteiger partial charge in [0, 0.05) is 18.2 Å². The Morgan fingerprint density at radius 3 is 2.79 bits per heavy atom. The number of nitrogen functional groups attached to an aromatic ring is 1. The largest absolute Gasteiger partial charge is 0.345 e. The Kier molecular flexibility index (Phi) is 3.71. The van der Waals surface area contributed by atoms with Gasteiger partial charge in [-0.1, -0.05) is 5.16 Å². The number of hydrazine groups is 1. The van der Waals surface area contributed by atoms with E-state index < -0.39 is 0 Å². The van der Waals surface area contributed by atoms with Crippen LogP contribution in [0.1, 0.15) is 27.8 Å². The molecule has 0 saturated heterocycles. The summed E-state index contributed by atoms with van der Waals surface area (Å²) in [5, 5.41) is 6.37. The summed E-state index contributed by atoms with van der Waals surface area (Å²) < 4.78 is 4.81. The summed E-state index contributed by atoms with van der Waals surface area (Å²) in [5.41, 5.74) is 3.56. The molecule has 8 nitrogen and oxygen atoms in total. The van der Waals surface area contributed by atoms with E-state index in [1.165, 1.54) is 0 Å². The Morgan fingerprint density at radius 1 is 1.37 bits per heavy atom. The summed E-state index contributed by atoms with van der Waals surface area (Å²) in [6.07, 6.45) is 0. The van der Waals surface area contributed by atoms with E-state index >= 15 is 0 Å². The van der Waals surface area contributed by atoms with Gasteiger partial charge in [-0.15, -0.1) is 0 Å². The number of aryl methyl sites for hydroxylation is 2. The maximum absolute atomic E-state index is 12.0. The van der Waals surface area contributed by atoms with Crippen LogP contribution in [0.15, 0.2) is 16.7 Å². The minimum Gasteiger partial charge on any atom is -0.345 e.